The number of ether oxygens (including phenoxy) is 3. The van der Waals surface area contributed by atoms with Crippen molar-refractivity contribution in [3.8, 4) is 40.0 Å². The van der Waals surface area contributed by atoms with Gasteiger partial charge in [0, 0.05) is 24.2 Å². The number of benzene rings is 3. The first-order valence-electron chi connectivity index (χ1n) is 13.7. The summed E-state index contributed by atoms with van der Waals surface area (Å²) < 4.78 is 36.2. The van der Waals surface area contributed by atoms with Crippen LogP contribution in [0.4, 0.5) is 4.39 Å². The van der Waals surface area contributed by atoms with E-state index in [0.29, 0.717) is 54.0 Å². The van der Waals surface area contributed by atoms with Crippen LogP contribution in [-0.2, 0) is 17.9 Å². The van der Waals surface area contributed by atoms with Gasteiger partial charge in [0.2, 0.25) is 0 Å². The predicted molar refractivity (Wildman–Crippen MR) is 153 cm³/mol. The van der Waals surface area contributed by atoms with Gasteiger partial charge in [-0.2, -0.15) is 5.10 Å². The Bertz CT molecular complexity index is 1760. The first-order chi connectivity index (χ1) is 20.3. The third-order valence-electron chi connectivity index (χ3n) is 7.31. The number of methoxy groups -OCH3 is 1. The number of carboxylic acids is 1. The Morgan fingerprint density at radius 3 is 2.71 bits per heavy atom. The molecule has 6 rings (SSSR count). The molecule has 1 aliphatic rings. The molecule has 0 radical (unpaired) electrons. The number of imidazole rings is 1. The minimum absolute atomic E-state index is 0.284. The van der Waals surface area contributed by atoms with Crippen molar-refractivity contribution < 1.29 is 28.5 Å². The van der Waals surface area contributed by atoms with E-state index in [-0.39, 0.29) is 11.4 Å². The van der Waals surface area contributed by atoms with Crippen molar-refractivity contribution in [1.82, 2.24) is 24.3 Å². The lowest BCUT2D eigenvalue weighted by Gasteiger charge is -2.21. The van der Waals surface area contributed by atoms with Crippen LogP contribution in [0.1, 0.15) is 25.8 Å². The maximum atomic E-state index is 15.6. The van der Waals surface area contributed by atoms with E-state index in [0.717, 1.165) is 23.3 Å². The summed E-state index contributed by atoms with van der Waals surface area (Å²) in [6.45, 7) is 5.25. The lowest BCUT2D eigenvalue weighted by Crippen LogP contribution is -2.23. The molecule has 0 saturated carbocycles. The molecule has 3 heterocycles. The number of aromatic nitrogens is 5. The highest BCUT2D eigenvalue weighted by atomic mass is 19.1. The number of hydrogen-bond donors (Lipinski definition) is 1. The van der Waals surface area contributed by atoms with Crippen molar-refractivity contribution >= 4 is 17.0 Å². The third-order valence-corrected chi connectivity index (χ3v) is 7.31. The number of carbonyl (C=O) groups is 1. The number of rotatable bonds is 8. The Morgan fingerprint density at radius 1 is 1.17 bits per heavy atom. The molecule has 0 fully saturated rings. The Morgan fingerprint density at radius 2 is 1.98 bits per heavy atom. The zero-order chi connectivity index (χ0) is 29.4. The van der Waals surface area contributed by atoms with Gasteiger partial charge in [-0.15, -0.1) is 0 Å². The fourth-order valence-corrected chi connectivity index (χ4v) is 5.06. The molecule has 2 unspecified atom stereocenters. The Kier molecular flexibility index (Phi) is 7.24. The van der Waals surface area contributed by atoms with Gasteiger partial charge < -0.3 is 23.9 Å². The van der Waals surface area contributed by atoms with E-state index in [1.165, 1.54) is 13.0 Å². The van der Waals surface area contributed by atoms with Crippen molar-refractivity contribution in [1.29, 1.82) is 0 Å². The van der Waals surface area contributed by atoms with Crippen LogP contribution in [0.25, 0.3) is 33.8 Å². The van der Waals surface area contributed by atoms with Gasteiger partial charge >= 0.3 is 5.97 Å². The minimum Gasteiger partial charge on any atom is -0.497 e. The van der Waals surface area contributed by atoms with Crippen LogP contribution in [0.15, 0.2) is 60.9 Å². The highest BCUT2D eigenvalue weighted by Crippen LogP contribution is 2.38. The summed E-state index contributed by atoms with van der Waals surface area (Å²) in [4.78, 5) is 20.5. The average Bonchev–Trinajstić information content (AvgIpc) is 3.57. The monoisotopic (exact) mass is 571 g/mol. The Balaban J connectivity index is 1.33. The van der Waals surface area contributed by atoms with Crippen LogP contribution < -0.4 is 14.2 Å². The molecule has 0 bridgehead atoms. The van der Waals surface area contributed by atoms with Crippen LogP contribution in [0.2, 0.25) is 0 Å². The SMILES string of the molecule is COc1ccc(Cn2cnc(-c3ccc(-c4nc5cc(OC(C)C(=O)O)cc6c5n4CC(C)CCO6)cc3F)n2)cc1. The molecular weight excluding hydrogens is 541 g/mol. The predicted octanol–water partition coefficient (Wildman–Crippen LogP) is 5.43. The second kappa shape index (κ2) is 11.2. The molecule has 10 nitrogen and oxygen atoms in total. The zero-order valence-electron chi connectivity index (χ0n) is 23.5. The first-order valence-corrected chi connectivity index (χ1v) is 13.7. The van der Waals surface area contributed by atoms with Gasteiger partial charge in [0.15, 0.2) is 11.9 Å². The fraction of sp³-hybridized carbons (Fsp3) is 0.290. The fourth-order valence-electron chi connectivity index (χ4n) is 5.06. The highest BCUT2D eigenvalue weighted by molar-refractivity contribution is 5.88. The number of halogens is 1. The summed E-state index contributed by atoms with van der Waals surface area (Å²) in [6, 6.07) is 15.9. The summed E-state index contributed by atoms with van der Waals surface area (Å²) >= 11 is 0. The van der Waals surface area contributed by atoms with Crippen molar-refractivity contribution in [2.45, 2.75) is 39.5 Å². The van der Waals surface area contributed by atoms with Gasteiger partial charge in [0.1, 0.15) is 40.7 Å². The number of carboxylic acid groups (broad SMARTS) is 1. The molecule has 0 saturated heterocycles. The molecule has 2 aromatic heterocycles. The molecule has 216 valence electrons. The minimum atomic E-state index is -1.07. The van der Waals surface area contributed by atoms with Crippen LogP contribution in [0.3, 0.4) is 0 Å². The van der Waals surface area contributed by atoms with Crippen LogP contribution in [0, 0.1) is 11.7 Å². The van der Waals surface area contributed by atoms with E-state index in [4.69, 9.17) is 19.2 Å². The number of aliphatic carboxylic acids is 1. The summed E-state index contributed by atoms with van der Waals surface area (Å²) in [7, 11) is 1.62. The maximum Gasteiger partial charge on any atom is 0.344 e. The topological polar surface area (TPSA) is 114 Å². The molecule has 0 aliphatic carbocycles. The Labute approximate surface area is 241 Å². The zero-order valence-corrected chi connectivity index (χ0v) is 23.5. The number of hydrogen-bond acceptors (Lipinski definition) is 7. The Hall–Kier alpha value is -4.93. The second-order valence-corrected chi connectivity index (χ2v) is 10.5. The van der Waals surface area contributed by atoms with E-state index in [1.54, 1.807) is 42.4 Å². The lowest BCUT2D eigenvalue weighted by molar-refractivity contribution is -0.144. The smallest absolute Gasteiger partial charge is 0.344 e. The van der Waals surface area contributed by atoms with Crippen molar-refractivity contribution in [2.24, 2.45) is 5.92 Å². The van der Waals surface area contributed by atoms with Crippen molar-refractivity contribution in [2.75, 3.05) is 13.7 Å². The first kappa shape index (κ1) is 27.3. The molecule has 11 heteroatoms. The van der Waals surface area contributed by atoms with E-state index in [1.807, 2.05) is 28.8 Å². The summed E-state index contributed by atoms with van der Waals surface area (Å²) in [5.41, 5.74) is 3.22. The molecule has 5 aromatic rings. The van der Waals surface area contributed by atoms with E-state index >= 15 is 4.39 Å². The van der Waals surface area contributed by atoms with E-state index < -0.39 is 17.9 Å². The summed E-state index contributed by atoms with van der Waals surface area (Å²) in [6.07, 6.45) is 1.35. The van der Waals surface area contributed by atoms with Crippen molar-refractivity contribution in [3.63, 3.8) is 0 Å². The van der Waals surface area contributed by atoms with Crippen LogP contribution in [-0.4, -0.2) is 55.2 Å². The molecular formula is C31H30FN5O5. The summed E-state index contributed by atoms with van der Waals surface area (Å²) in [5, 5.41) is 13.8. The second-order valence-electron chi connectivity index (χ2n) is 10.5. The van der Waals surface area contributed by atoms with Gasteiger partial charge in [0.25, 0.3) is 0 Å². The summed E-state index contributed by atoms with van der Waals surface area (Å²) in [5.74, 6) is 1.28. The van der Waals surface area contributed by atoms with Gasteiger partial charge in [-0.25, -0.2) is 23.8 Å². The van der Waals surface area contributed by atoms with Gasteiger partial charge in [0.05, 0.1) is 31.3 Å². The molecule has 2 atom stereocenters. The quantitative estimate of drug-likeness (QED) is 0.262. The van der Waals surface area contributed by atoms with E-state index in [2.05, 4.69) is 17.0 Å². The van der Waals surface area contributed by atoms with Crippen LogP contribution in [0.5, 0.6) is 17.2 Å². The highest BCUT2D eigenvalue weighted by Gasteiger charge is 2.24. The maximum absolute atomic E-state index is 15.6. The molecule has 1 aliphatic heterocycles. The van der Waals surface area contributed by atoms with E-state index in [9.17, 15) is 9.90 Å². The van der Waals surface area contributed by atoms with Gasteiger partial charge in [-0.1, -0.05) is 25.1 Å². The normalized spacial score (nSPS) is 15.5. The van der Waals surface area contributed by atoms with Crippen LogP contribution >= 0.6 is 0 Å². The molecule has 0 amide bonds. The molecule has 0 spiro atoms. The largest absolute Gasteiger partial charge is 0.497 e. The third kappa shape index (κ3) is 5.37. The number of nitrogens with zero attached hydrogens (tertiary/aromatic N) is 5. The molecule has 3 aromatic carbocycles. The lowest BCUT2D eigenvalue weighted by atomic mass is 10.1. The standard InChI is InChI=1S/C31H30FN5O5/c1-18-10-11-41-27-14-23(42-19(2)31(38)39)13-26-28(27)37(15-18)30(34-26)21-6-9-24(25(32)12-21)29-33-17-36(35-29)16-20-4-7-22(40-3)8-5-20/h4-9,12-14,17-19H,10-11,15-16H2,1-3H3,(H,38,39). The average molecular weight is 572 g/mol. The molecule has 42 heavy (non-hydrogen) atoms. The van der Waals surface area contributed by atoms with Gasteiger partial charge in [-0.05, 0) is 49.1 Å². The molecule has 1 N–H and O–H groups in total. The van der Waals surface area contributed by atoms with Gasteiger partial charge in [-0.3, -0.25) is 0 Å². The van der Waals surface area contributed by atoms with Crippen molar-refractivity contribution in [3.05, 3.63) is 72.3 Å².